The molecule has 1 N–H and O–H groups in total. The molecule has 6 nitrogen and oxygen atoms in total. The van der Waals surface area contributed by atoms with Gasteiger partial charge in [-0.2, -0.15) is 13.2 Å². The maximum Gasteiger partial charge on any atom is 0.417 e. The monoisotopic (exact) mass is 522 g/mol. The maximum atomic E-state index is 13.5. The number of benzene rings is 2. The van der Waals surface area contributed by atoms with Crippen LogP contribution in [0.1, 0.15) is 36.4 Å². The van der Waals surface area contributed by atoms with Gasteiger partial charge in [0.25, 0.3) is 0 Å². The summed E-state index contributed by atoms with van der Waals surface area (Å²) in [7, 11) is 0. The van der Waals surface area contributed by atoms with Crippen LogP contribution in [0.3, 0.4) is 0 Å². The molecule has 36 heavy (non-hydrogen) atoms. The van der Waals surface area contributed by atoms with E-state index in [1.165, 1.54) is 6.07 Å². The molecule has 4 rings (SSSR count). The molecular weight excluding hydrogens is 493 g/mol. The quantitative estimate of drug-likeness (QED) is 0.599. The Kier molecular flexibility index (Phi) is 8.54. The molecule has 2 aromatic carbocycles. The lowest BCUT2D eigenvalue weighted by atomic mass is 10.0. The Morgan fingerprint density at radius 3 is 2.22 bits per heavy atom. The smallest absolute Gasteiger partial charge is 0.341 e. The van der Waals surface area contributed by atoms with Gasteiger partial charge in [0.15, 0.2) is 0 Å². The van der Waals surface area contributed by atoms with Crippen LogP contribution in [0.4, 0.5) is 18.9 Å². The van der Waals surface area contributed by atoms with Crippen LogP contribution >= 0.6 is 11.6 Å². The van der Waals surface area contributed by atoms with Crippen molar-refractivity contribution in [3.05, 3.63) is 64.7 Å². The second-order valence-electron chi connectivity index (χ2n) is 9.25. The van der Waals surface area contributed by atoms with Crippen LogP contribution in [0.25, 0.3) is 0 Å². The Hall–Kier alpha value is -2.62. The summed E-state index contributed by atoms with van der Waals surface area (Å²) < 4.78 is 39.3. The molecule has 10 heteroatoms. The first kappa shape index (κ1) is 26.4. The fraction of sp³-hybridized carbons (Fsp3) is 0.462. The highest BCUT2D eigenvalue weighted by Crippen LogP contribution is 2.36. The highest BCUT2D eigenvalue weighted by atomic mass is 35.5. The number of rotatable bonds is 6. The van der Waals surface area contributed by atoms with E-state index in [4.69, 9.17) is 11.6 Å². The predicted octanol–water partition coefficient (Wildman–Crippen LogP) is 4.67. The minimum absolute atomic E-state index is 0.0478. The van der Waals surface area contributed by atoms with E-state index < -0.39 is 22.7 Å². The normalized spacial score (nSPS) is 18.6. The molecule has 0 aromatic heterocycles. The number of halogens is 4. The number of nitrogens with one attached hydrogen (secondary N) is 1. The minimum atomic E-state index is -4.60. The van der Waals surface area contributed by atoms with Crippen molar-refractivity contribution in [2.75, 3.05) is 51.1 Å². The molecule has 2 heterocycles. The number of nitrogens with zero attached hydrogens (tertiary/aromatic N) is 3. The first-order chi connectivity index (χ1) is 17.2. The first-order valence-corrected chi connectivity index (χ1v) is 12.6. The fourth-order valence-corrected chi connectivity index (χ4v) is 5.06. The van der Waals surface area contributed by atoms with Gasteiger partial charge in [0.1, 0.15) is 6.04 Å². The molecule has 194 valence electrons. The maximum absolute atomic E-state index is 13.5. The molecular formula is C26H30ClF3N4O2. The van der Waals surface area contributed by atoms with Crippen molar-refractivity contribution in [3.63, 3.8) is 0 Å². The lowest BCUT2D eigenvalue weighted by Crippen LogP contribution is -2.53. The number of alkyl halides is 3. The van der Waals surface area contributed by atoms with E-state index in [0.29, 0.717) is 26.2 Å². The van der Waals surface area contributed by atoms with Crippen molar-refractivity contribution in [1.29, 1.82) is 0 Å². The van der Waals surface area contributed by atoms with Crippen LogP contribution in [0.5, 0.6) is 0 Å². The van der Waals surface area contributed by atoms with Gasteiger partial charge >= 0.3 is 6.18 Å². The molecule has 0 saturated carbocycles. The van der Waals surface area contributed by atoms with Gasteiger partial charge in [0, 0.05) is 45.0 Å². The number of carbonyl (C=O) groups is 2. The number of anilines is 1. The van der Waals surface area contributed by atoms with Gasteiger partial charge in [-0.15, -0.1) is 0 Å². The highest BCUT2D eigenvalue weighted by molar-refractivity contribution is 6.31. The molecule has 2 amide bonds. The van der Waals surface area contributed by atoms with Crippen LogP contribution < -0.4 is 5.32 Å². The van der Waals surface area contributed by atoms with Crippen LogP contribution in [-0.2, 0) is 15.8 Å². The average molecular weight is 523 g/mol. The molecule has 0 aliphatic carbocycles. The van der Waals surface area contributed by atoms with Gasteiger partial charge in [-0.3, -0.25) is 19.4 Å². The molecule has 2 saturated heterocycles. The predicted molar refractivity (Wildman–Crippen MR) is 133 cm³/mol. The molecule has 2 aliphatic heterocycles. The molecule has 0 spiro atoms. The van der Waals surface area contributed by atoms with Crippen molar-refractivity contribution in [2.45, 2.75) is 31.5 Å². The molecule has 2 fully saturated rings. The number of hydrogen-bond acceptors (Lipinski definition) is 4. The van der Waals surface area contributed by atoms with E-state index in [2.05, 4.69) is 10.2 Å². The summed E-state index contributed by atoms with van der Waals surface area (Å²) in [5.74, 6) is -0.279. The van der Waals surface area contributed by atoms with Gasteiger partial charge < -0.3 is 10.2 Å². The van der Waals surface area contributed by atoms with Gasteiger partial charge in [0.2, 0.25) is 11.8 Å². The molecule has 1 unspecified atom stereocenters. The van der Waals surface area contributed by atoms with Crippen molar-refractivity contribution in [2.24, 2.45) is 0 Å². The lowest BCUT2D eigenvalue weighted by Gasteiger charge is -2.41. The lowest BCUT2D eigenvalue weighted by molar-refractivity contribution is -0.139. The van der Waals surface area contributed by atoms with E-state index >= 15 is 0 Å². The summed E-state index contributed by atoms with van der Waals surface area (Å²) in [6.07, 6.45) is -1.41. The molecule has 2 aromatic rings. The van der Waals surface area contributed by atoms with Gasteiger partial charge in [-0.05, 0) is 43.0 Å². The Labute approximate surface area is 214 Å². The summed E-state index contributed by atoms with van der Waals surface area (Å²) in [5, 5.41) is 2.12. The van der Waals surface area contributed by atoms with Crippen molar-refractivity contribution in [1.82, 2.24) is 14.7 Å². The third kappa shape index (κ3) is 6.57. The summed E-state index contributed by atoms with van der Waals surface area (Å²) in [6.45, 7) is 3.95. The van der Waals surface area contributed by atoms with Crippen LogP contribution in [-0.4, -0.2) is 72.3 Å². The number of likely N-dealkylation sites (tertiary alicyclic amines) is 1. The van der Waals surface area contributed by atoms with Crippen LogP contribution in [0, 0.1) is 0 Å². The molecule has 1 atom stereocenters. The first-order valence-electron chi connectivity index (χ1n) is 12.2. The van der Waals surface area contributed by atoms with E-state index in [1.54, 1.807) is 0 Å². The summed E-state index contributed by atoms with van der Waals surface area (Å²) in [6, 6.07) is 12.7. The van der Waals surface area contributed by atoms with Gasteiger partial charge in [0.05, 0.1) is 17.1 Å². The zero-order valence-corrected chi connectivity index (χ0v) is 20.7. The zero-order chi connectivity index (χ0) is 25.7. The van der Waals surface area contributed by atoms with Crippen molar-refractivity contribution < 1.29 is 22.8 Å². The van der Waals surface area contributed by atoms with Gasteiger partial charge in [-0.25, -0.2) is 0 Å². The molecule has 0 radical (unpaired) electrons. The highest BCUT2D eigenvalue weighted by Gasteiger charge is 2.35. The number of amides is 2. The fourth-order valence-electron chi connectivity index (χ4n) is 4.84. The van der Waals surface area contributed by atoms with E-state index in [9.17, 15) is 22.8 Å². The second-order valence-corrected chi connectivity index (χ2v) is 9.66. The summed E-state index contributed by atoms with van der Waals surface area (Å²) in [5.41, 5.74) is 0.0232. The van der Waals surface area contributed by atoms with E-state index in [0.717, 1.165) is 50.0 Å². The topological polar surface area (TPSA) is 55.9 Å². The summed E-state index contributed by atoms with van der Waals surface area (Å²) in [4.78, 5) is 32.1. The number of piperidine rings is 1. The average Bonchev–Trinajstić information content (AvgIpc) is 2.87. The van der Waals surface area contributed by atoms with E-state index in [-0.39, 0.29) is 24.2 Å². The third-order valence-corrected chi connectivity index (χ3v) is 7.04. The standard InChI is InChI=1S/C26H30ClF3N4O2/c27-22-10-9-20(17-21(22)26(28,29)30)31-23(35)18-32-13-15-33(16-14-32)24(19-7-3-1-4-8-19)25(36)34-11-5-2-6-12-34/h1,3-4,7-10,17,24H,2,5-6,11-16,18H2,(H,31,35). The number of carbonyl (C=O) groups excluding carboxylic acids is 2. The Bertz CT molecular complexity index is 1050. The molecule has 0 bridgehead atoms. The minimum Gasteiger partial charge on any atom is -0.341 e. The Morgan fingerprint density at radius 2 is 1.58 bits per heavy atom. The van der Waals surface area contributed by atoms with E-state index in [1.807, 2.05) is 40.1 Å². The van der Waals surface area contributed by atoms with Crippen LogP contribution in [0.2, 0.25) is 5.02 Å². The Balaban J connectivity index is 1.36. The summed E-state index contributed by atoms with van der Waals surface area (Å²) >= 11 is 5.66. The number of hydrogen-bond donors (Lipinski definition) is 1. The van der Waals surface area contributed by atoms with Gasteiger partial charge in [-0.1, -0.05) is 41.9 Å². The largest absolute Gasteiger partial charge is 0.417 e. The van der Waals surface area contributed by atoms with Crippen molar-refractivity contribution in [3.8, 4) is 0 Å². The second kappa shape index (κ2) is 11.6. The number of piperazine rings is 1. The zero-order valence-electron chi connectivity index (χ0n) is 19.9. The SMILES string of the molecule is O=C(CN1CCN(C(C(=O)N2CCCCC2)c2ccccc2)CC1)Nc1ccc(Cl)c(C(F)(F)F)c1. The van der Waals surface area contributed by atoms with Crippen molar-refractivity contribution >= 4 is 29.1 Å². The van der Waals surface area contributed by atoms with Crippen LogP contribution in [0.15, 0.2) is 48.5 Å². The Morgan fingerprint density at radius 1 is 0.917 bits per heavy atom. The molecule has 2 aliphatic rings. The third-order valence-electron chi connectivity index (χ3n) is 6.71.